The van der Waals surface area contributed by atoms with E-state index in [-0.39, 0.29) is 5.41 Å². The summed E-state index contributed by atoms with van der Waals surface area (Å²) in [6.45, 7) is 4.68. The molecular formula is C61H42N2. The van der Waals surface area contributed by atoms with Crippen molar-refractivity contribution in [1.29, 1.82) is 0 Å². The molecule has 0 N–H and O–H groups in total. The maximum absolute atomic E-state index is 5.30. The van der Waals surface area contributed by atoms with Crippen LogP contribution >= 0.6 is 0 Å². The first-order valence-corrected chi connectivity index (χ1v) is 21.8. The third kappa shape index (κ3) is 6.25. The predicted molar refractivity (Wildman–Crippen MR) is 265 cm³/mol. The Morgan fingerprint density at radius 3 is 1.70 bits per heavy atom. The van der Waals surface area contributed by atoms with Gasteiger partial charge in [-0.15, -0.1) is 0 Å². The first-order valence-electron chi connectivity index (χ1n) is 21.8. The van der Waals surface area contributed by atoms with Crippen LogP contribution in [0, 0.1) is 0 Å². The Morgan fingerprint density at radius 1 is 0.302 bits per heavy atom. The van der Waals surface area contributed by atoms with E-state index in [0.717, 1.165) is 39.2 Å². The summed E-state index contributed by atoms with van der Waals surface area (Å²) in [6.07, 6.45) is 0. The van der Waals surface area contributed by atoms with Crippen molar-refractivity contribution in [3.05, 3.63) is 230 Å². The van der Waals surface area contributed by atoms with Crippen LogP contribution in [0.25, 0.3) is 111 Å². The Morgan fingerprint density at radius 2 is 0.873 bits per heavy atom. The lowest BCUT2D eigenvalue weighted by Gasteiger charge is -2.22. The highest BCUT2D eigenvalue weighted by molar-refractivity contribution is 6.20. The SMILES string of the molecule is CC1(C)c2ccccc2-c2ccc(-c3ccc(-c4cc(-c5cccc(-c6ccccc6)c5)nc(-c5ccc(-c6c7ccccc7cc7c6ccc6ccccc67)cc5)n4)cc3)cc21. The Balaban J connectivity index is 0.957. The quantitative estimate of drug-likeness (QED) is 0.124. The molecular weight excluding hydrogens is 761 g/mol. The maximum Gasteiger partial charge on any atom is 0.160 e. The van der Waals surface area contributed by atoms with Crippen molar-refractivity contribution < 1.29 is 0 Å². The van der Waals surface area contributed by atoms with Crippen molar-refractivity contribution in [1.82, 2.24) is 9.97 Å². The number of rotatable bonds is 6. The van der Waals surface area contributed by atoms with E-state index in [2.05, 4.69) is 232 Å². The van der Waals surface area contributed by atoms with Crippen molar-refractivity contribution in [3.8, 4) is 78.4 Å². The fourth-order valence-electron chi connectivity index (χ4n) is 10.00. The standard InChI is InChI=1S/C61H42N2/c1-61(2)55-22-11-10-21-51(55)52-33-32-46(37-56(52)61)40-23-25-42(26-24-40)57-38-58(48-18-12-17-45(35-48)39-13-4-3-5-14-39)63-60(62-57)44-29-27-43(28-30-44)59-50-20-9-7-16-47(50)36-54-49-19-8-6-15-41(49)31-34-53(54)59/h3-38H,1-2H3. The molecule has 0 spiro atoms. The average Bonchev–Trinajstić information content (AvgIpc) is 3.58. The average molecular weight is 803 g/mol. The van der Waals surface area contributed by atoms with E-state index in [4.69, 9.17) is 9.97 Å². The van der Waals surface area contributed by atoms with Gasteiger partial charge in [-0.3, -0.25) is 0 Å². The molecule has 0 bridgehead atoms. The summed E-state index contributed by atoms with van der Waals surface area (Å²) < 4.78 is 0. The first kappa shape index (κ1) is 36.9. The monoisotopic (exact) mass is 802 g/mol. The molecule has 1 aliphatic rings. The van der Waals surface area contributed by atoms with Crippen molar-refractivity contribution in [2.45, 2.75) is 19.3 Å². The summed E-state index contributed by atoms with van der Waals surface area (Å²) in [5.74, 6) is 0.692. The van der Waals surface area contributed by atoms with Gasteiger partial charge in [0, 0.05) is 22.1 Å². The molecule has 0 saturated carbocycles. The molecule has 0 atom stereocenters. The number of hydrogen-bond acceptors (Lipinski definition) is 2. The minimum Gasteiger partial charge on any atom is -0.228 e. The second kappa shape index (κ2) is 14.6. The third-order valence-electron chi connectivity index (χ3n) is 13.3. The Kier molecular flexibility index (Phi) is 8.55. The summed E-state index contributed by atoms with van der Waals surface area (Å²) in [5.41, 5.74) is 17.3. The van der Waals surface area contributed by atoms with Crippen LogP contribution in [0.3, 0.4) is 0 Å². The normalized spacial score (nSPS) is 12.7. The topological polar surface area (TPSA) is 25.8 Å². The van der Waals surface area contributed by atoms with Crippen LogP contribution in [0.15, 0.2) is 218 Å². The zero-order valence-corrected chi connectivity index (χ0v) is 35.2. The summed E-state index contributed by atoms with van der Waals surface area (Å²) >= 11 is 0. The molecule has 0 fully saturated rings. The molecule has 0 amide bonds. The van der Waals surface area contributed by atoms with Gasteiger partial charge < -0.3 is 0 Å². The Bertz CT molecular complexity index is 3560. The fraction of sp³-hybridized carbons (Fsp3) is 0.0492. The van der Waals surface area contributed by atoms with Crippen LogP contribution in [-0.4, -0.2) is 9.97 Å². The molecule has 1 aromatic heterocycles. The highest BCUT2D eigenvalue weighted by Gasteiger charge is 2.35. The summed E-state index contributed by atoms with van der Waals surface area (Å²) in [4.78, 5) is 10.6. The number of aromatic nitrogens is 2. The van der Waals surface area contributed by atoms with Crippen LogP contribution in [0.2, 0.25) is 0 Å². The number of nitrogens with zero attached hydrogens (tertiary/aromatic N) is 2. The summed E-state index contributed by atoms with van der Waals surface area (Å²) in [5, 5.41) is 7.50. The van der Waals surface area contributed by atoms with E-state index < -0.39 is 0 Å². The second-order valence-electron chi connectivity index (χ2n) is 17.3. The second-order valence-corrected chi connectivity index (χ2v) is 17.3. The van der Waals surface area contributed by atoms with E-state index in [0.29, 0.717) is 5.82 Å². The van der Waals surface area contributed by atoms with Gasteiger partial charge in [0.2, 0.25) is 0 Å². The van der Waals surface area contributed by atoms with E-state index in [1.807, 2.05) is 0 Å². The number of hydrogen-bond donors (Lipinski definition) is 0. The van der Waals surface area contributed by atoms with Crippen molar-refractivity contribution >= 4 is 32.3 Å². The lowest BCUT2D eigenvalue weighted by molar-refractivity contribution is 0.660. The minimum atomic E-state index is -0.0524. The van der Waals surface area contributed by atoms with Crippen molar-refractivity contribution in [2.75, 3.05) is 0 Å². The van der Waals surface area contributed by atoms with Crippen LogP contribution in [-0.2, 0) is 5.41 Å². The van der Waals surface area contributed by atoms with Crippen LogP contribution in [0.4, 0.5) is 0 Å². The molecule has 63 heavy (non-hydrogen) atoms. The largest absolute Gasteiger partial charge is 0.228 e. The van der Waals surface area contributed by atoms with Crippen LogP contribution in [0.5, 0.6) is 0 Å². The van der Waals surface area contributed by atoms with Gasteiger partial charge >= 0.3 is 0 Å². The third-order valence-corrected chi connectivity index (χ3v) is 13.3. The molecule has 0 radical (unpaired) electrons. The van der Waals surface area contributed by atoms with Crippen LogP contribution in [0.1, 0.15) is 25.0 Å². The minimum absolute atomic E-state index is 0.0524. The smallest absolute Gasteiger partial charge is 0.160 e. The lowest BCUT2D eigenvalue weighted by atomic mass is 9.81. The van der Waals surface area contributed by atoms with Gasteiger partial charge in [0.1, 0.15) is 0 Å². The number of benzene rings is 10. The zero-order valence-electron chi connectivity index (χ0n) is 35.2. The molecule has 0 saturated heterocycles. The molecule has 11 aromatic rings. The van der Waals surface area contributed by atoms with E-state index in [1.165, 1.54) is 76.8 Å². The highest BCUT2D eigenvalue weighted by Crippen LogP contribution is 2.49. The Hall–Kier alpha value is -7.94. The Labute approximate surface area is 367 Å². The first-order chi connectivity index (χ1) is 31.0. The van der Waals surface area contributed by atoms with Gasteiger partial charge in [-0.05, 0) is 112 Å². The molecule has 0 unspecified atom stereocenters. The van der Waals surface area contributed by atoms with E-state index >= 15 is 0 Å². The molecule has 0 aliphatic heterocycles. The van der Waals surface area contributed by atoms with E-state index in [9.17, 15) is 0 Å². The molecule has 1 aliphatic carbocycles. The van der Waals surface area contributed by atoms with Gasteiger partial charge in [0.25, 0.3) is 0 Å². The molecule has 2 heteroatoms. The molecule has 2 nitrogen and oxygen atoms in total. The van der Waals surface area contributed by atoms with Gasteiger partial charge in [-0.25, -0.2) is 9.97 Å². The molecule has 10 aromatic carbocycles. The molecule has 296 valence electrons. The summed E-state index contributed by atoms with van der Waals surface area (Å²) in [6, 6.07) is 79.1. The molecule has 1 heterocycles. The summed E-state index contributed by atoms with van der Waals surface area (Å²) in [7, 11) is 0. The highest BCUT2D eigenvalue weighted by atomic mass is 14.9. The van der Waals surface area contributed by atoms with E-state index in [1.54, 1.807) is 0 Å². The van der Waals surface area contributed by atoms with Gasteiger partial charge in [0.15, 0.2) is 5.82 Å². The zero-order chi connectivity index (χ0) is 42.1. The maximum atomic E-state index is 5.30. The van der Waals surface area contributed by atoms with Gasteiger partial charge in [0.05, 0.1) is 11.4 Å². The van der Waals surface area contributed by atoms with Crippen LogP contribution < -0.4 is 0 Å². The van der Waals surface area contributed by atoms with Crippen molar-refractivity contribution in [2.24, 2.45) is 0 Å². The van der Waals surface area contributed by atoms with Crippen molar-refractivity contribution in [3.63, 3.8) is 0 Å². The lowest BCUT2D eigenvalue weighted by Crippen LogP contribution is -2.14. The predicted octanol–water partition coefficient (Wildman–Crippen LogP) is 16.2. The van der Waals surface area contributed by atoms with Gasteiger partial charge in [-0.1, -0.05) is 208 Å². The number of fused-ring (bicyclic) bond motifs is 7. The van der Waals surface area contributed by atoms with Gasteiger partial charge in [-0.2, -0.15) is 0 Å². The fourth-order valence-corrected chi connectivity index (χ4v) is 10.00. The molecule has 12 rings (SSSR count).